The molecule has 1 N–H and O–H groups in total. The molecule has 0 spiro atoms. The zero-order valence-electron chi connectivity index (χ0n) is 15.3. The highest BCUT2D eigenvalue weighted by atomic mass is 35.5. The molecule has 0 bridgehead atoms. The van der Waals surface area contributed by atoms with Crippen LogP contribution in [-0.2, 0) is 17.8 Å². The van der Waals surface area contributed by atoms with Crippen molar-refractivity contribution in [3.8, 4) is 0 Å². The van der Waals surface area contributed by atoms with Crippen molar-refractivity contribution in [2.75, 3.05) is 16.8 Å². The monoisotopic (exact) mass is 375 g/mol. The van der Waals surface area contributed by atoms with Crippen LogP contribution in [0.1, 0.15) is 38.4 Å². The Bertz CT molecular complexity index is 815. The minimum atomic E-state index is -0.240. The van der Waals surface area contributed by atoms with Crippen LogP contribution in [0.4, 0.5) is 15.9 Å². The van der Waals surface area contributed by atoms with Gasteiger partial charge in [-0.1, -0.05) is 44.5 Å². The van der Waals surface area contributed by atoms with Gasteiger partial charge in [-0.2, -0.15) is 0 Å². The highest BCUT2D eigenvalue weighted by Gasteiger charge is 2.24. The third-order valence-electron chi connectivity index (χ3n) is 4.23. The predicted octanol–water partition coefficient (Wildman–Crippen LogP) is 4.81. The standard InChI is InChI=1S/C20H23ClFN3O/c1-20(2,3)11-18(26)24-19-15(21)10-17-16(23-19)8-9-25(17)12-13-4-6-14(22)7-5-13/h4-7,10H,8-9,11-12H2,1-3H3,(H,23,24,26). The van der Waals surface area contributed by atoms with Gasteiger partial charge in [0.2, 0.25) is 5.91 Å². The van der Waals surface area contributed by atoms with Gasteiger partial charge in [0, 0.05) is 25.9 Å². The van der Waals surface area contributed by atoms with E-state index in [0.29, 0.717) is 23.8 Å². The van der Waals surface area contributed by atoms with E-state index in [4.69, 9.17) is 11.6 Å². The summed E-state index contributed by atoms with van der Waals surface area (Å²) in [5.74, 6) is 0.0900. The Hall–Kier alpha value is -2.14. The fourth-order valence-electron chi connectivity index (χ4n) is 3.06. The molecule has 0 radical (unpaired) electrons. The number of fused-ring (bicyclic) bond motifs is 1. The van der Waals surface area contributed by atoms with Gasteiger partial charge in [0.25, 0.3) is 0 Å². The molecule has 0 aliphatic carbocycles. The number of hydrogen-bond donors (Lipinski definition) is 1. The van der Waals surface area contributed by atoms with Crippen molar-refractivity contribution in [2.24, 2.45) is 5.41 Å². The van der Waals surface area contributed by atoms with Gasteiger partial charge in [0.1, 0.15) is 5.82 Å². The van der Waals surface area contributed by atoms with Crippen molar-refractivity contribution in [3.05, 3.63) is 52.4 Å². The second-order valence-corrected chi connectivity index (χ2v) is 8.28. The van der Waals surface area contributed by atoms with Gasteiger partial charge < -0.3 is 10.2 Å². The first-order chi connectivity index (χ1) is 12.2. The molecule has 1 aromatic heterocycles. The first kappa shape index (κ1) is 18.6. The number of nitrogens with zero attached hydrogens (tertiary/aromatic N) is 2. The van der Waals surface area contributed by atoms with Gasteiger partial charge in [-0.15, -0.1) is 0 Å². The molecule has 138 valence electrons. The Kier molecular flexibility index (Phi) is 5.19. The molecule has 1 amide bonds. The summed E-state index contributed by atoms with van der Waals surface area (Å²) in [4.78, 5) is 18.9. The lowest BCUT2D eigenvalue weighted by Gasteiger charge is -2.20. The molecule has 2 aromatic rings. The number of rotatable bonds is 4. The SMILES string of the molecule is CC(C)(C)CC(=O)Nc1nc2c(cc1Cl)N(Cc1ccc(F)cc1)CC2. The normalized spacial score (nSPS) is 13.7. The minimum absolute atomic E-state index is 0.0898. The third-order valence-corrected chi connectivity index (χ3v) is 4.51. The zero-order valence-corrected chi connectivity index (χ0v) is 16.0. The number of amides is 1. The summed E-state index contributed by atoms with van der Waals surface area (Å²) in [5.41, 5.74) is 2.81. The van der Waals surface area contributed by atoms with Gasteiger partial charge in [-0.05, 0) is 29.2 Å². The van der Waals surface area contributed by atoms with E-state index < -0.39 is 0 Å². The largest absolute Gasteiger partial charge is 0.365 e. The molecule has 0 atom stereocenters. The molecule has 1 aliphatic rings. The maximum atomic E-state index is 13.1. The molecule has 0 fully saturated rings. The molecular weight excluding hydrogens is 353 g/mol. The number of aromatic nitrogens is 1. The highest BCUT2D eigenvalue weighted by molar-refractivity contribution is 6.33. The Morgan fingerprint density at radius 1 is 1.31 bits per heavy atom. The number of hydrogen-bond acceptors (Lipinski definition) is 3. The van der Waals surface area contributed by atoms with Crippen molar-refractivity contribution in [2.45, 2.75) is 40.2 Å². The minimum Gasteiger partial charge on any atom is -0.365 e. The molecule has 1 aromatic carbocycles. The van der Waals surface area contributed by atoms with E-state index in [1.165, 1.54) is 12.1 Å². The van der Waals surface area contributed by atoms with Gasteiger partial charge in [0.15, 0.2) is 5.82 Å². The summed E-state index contributed by atoms with van der Waals surface area (Å²) in [6.45, 7) is 7.52. The fourth-order valence-corrected chi connectivity index (χ4v) is 3.25. The van der Waals surface area contributed by atoms with Crippen LogP contribution < -0.4 is 10.2 Å². The van der Waals surface area contributed by atoms with Crippen LogP contribution in [0, 0.1) is 11.2 Å². The topological polar surface area (TPSA) is 45.2 Å². The third kappa shape index (κ3) is 4.52. The molecule has 0 saturated carbocycles. The molecule has 26 heavy (non-hydrogen) atoms. The summed E-state index contributed by atoms with van der Waals surface area (Å²) in [6.07, 6.45) is 1.19. The molecule has 4 nitrogen and oxygen atoms in total. The van der Waals surface area contributed by atoms with Crippen LogP contribution in [-0.4, -0.2) is 17.4 Å². The second kappa shape index (κ2) is 7.23. The second-order valence-electron chi connectivity index (χ2n) is 7.87. The van der Waals surface area contributed by atoms with E-state index in [1.54, 1.807) is 12.1 Å². The highest BCUT2D eigenvalue weighted by Crippen LogP contribution is 2.34. The number of benzene rings is 1. The van der Waals surface area contributed by atoms with Gasteiger partial charge in [-0.25, -0.2) is 9.37 Å². The summed E-state index contributed by atoms with van der Waals surface area (Å²) >= 11 is 6.36. The smallest absolute Gasteiger partial charge is 0.226 e. The van der Waals surface area contributed by atoms with Crippen molar-refractivity contribution >= 4 is 29.0 Å². The summed E-state index contributed by atoms with van der Waals surface area (Å²) in [7, 11) is 0. The van der Waals surface area contributed by atoms with Crippen molar-refractivity contribution in [1.29, 1.82) is 0 Å². The van der Waals surface area contributed by atoms with Crippen LogP contribution in [0.5, 0.6) is 0 Å². The van der Waals surface area contributed by atoms with Crippen LogP contribution in [0.25, 0.3) is 0 Å². The zero-order chi connectivity index (χ0) is 18.9. The quantitative estimate of drug-likeness (QED) is 0.833. The maximum Gasteiger partial charge on any atom is 0.226 e. The van der Waals surface area contributed by atoms with E-state index >= 15 is 0 Å². The van der Waals surface area contributed by atoms with E-state index in [2.05, 4.69) is 15.2 Å². The molecule has 1 aliphatic heterocycles. The first-order valence-electron chi connectivity index (χ1n) is 8.70. The van der Waals surface area contributed by atoms with E-state index in [0.717, 1.165) is 29.9 Å². The maximum absolute atomic E-state index is 13.1. The Balaban J connectivity index is 1.75. The number of halogens is 2. The van der Waals surface area contributed by atoms with Gasteiger partial charge in [0.05, 0.1) is 16.4 Å². The van der Waals surface area contributed by atoms with Crippen LogP contribution >= 0.6 is 11.6 Å². The summed E-state index contributed by atoms with van der Waals surface area (Å²) in [6, 6.07) is 8.34. The van der Waals surface area contributed by atoms with Gasteiger partial charge >= 0.3 is 0 Å². The molecule has 2 heterocycles. The van der Waals surface area contributed by atoms with E-state index in [9.17, 15) is 9.18 Å². The summed E-state index contributed by atoms with van der Waals surface area (Å²) in [5, 5.41) is 3.25. The molecule has 6 heteroatoms. The molecule has 0 saturated heterocycles. The average molecular weight is 376 g/mol. The van der Waals surface area contributed by atoms with E-state index in [1.807, 2.05) is 26.8 Å². The van der Waals surface area contributed by atoms with Crippen molar-refractivity contribution in [3.63, 3.8) is 0 Å². The number of nitrogens with one attached hydrogen (secondary N) is 1. The van der Waals surface area contributed by atoms with Crippen LogP contribution in [0.2, 0.25) is 5.02 Å². The molecular formula is C20H23ClFN3O. The van der Waals surface area contributed by atoms with Crippen molar-refractivity contribution < 1.29 is 9.18 Å². The Morgan fingerprint density at radius 3 is 2.65 bits per heavy atom. The Labute approximate surface area is 158 Å². The van der Waals surface area contributed by atoms with Crippen molar-refractivity contribution in [1.82, 2.24) is 4.98 Å². The fraction of sp³-hybridized carbons (Fsp3) is 0.400. The lowest BCUT2D eigenvalue weighted by atomic mass is 9.92. The Morgan fingerprint density at radius 2 is 2.00 bits per heavy atom. The van der Waals surface area contributed by atoms with Gasteiger partial charge in [-0.3, -0.25) is 4.79 Å². The predicted molar refractivity (Wildman–Crippen MR) is 103 cm³/mol. The number of pyridine rings is 1. The molecule has 0 unspecified atom stereocenters. The first-order valence-corrected chi connectivity index (χ1v) is 9.08. The molecule has 3 rings (SSSR count). The van der Waals surface area contributed by atoms with Crippen LogP contribution in [0.3, 0.4) is 0 Å². The number of carbonyl (C=O) groups excluding carboxylic acids is 1. The van der Waals surface area contributed by atoms with E-state index in [-0.39, 0.29) is 17.1 Å². The average Bonchev–Trinajstić information content (AvgIpc) is 2.90. The van der Waals surface area contributed by atoms with Crippen LogP contribution in [0.15, 0.2) is 30.3 Å². The lowest BCUT2D eigenvalue weighted by Crippen LogP contribution is -2.21. The lowest BCUT2D eigenvalue weighted by molar-refractivity contribution is -0.117. The number of carbonyl (C=O) groups is 1. The summed E-state index contributed by atoms with van der Waals surface area (Å²) < 4.78 is 13.1. The number of anilines is 2.